The Morgan fingerprint density at radius 1 is 1.48 bits per heavy atom. The zero-order chi connectivity index (χ0) is 15.4. The first-order valence-electron chi connectivity index (χ1n) is 6.97. The zero-order valence-electron chi connectivity index (χ0n) is 12.3. The Morgan fingerprint density at radius 3 is 2.86 bits per heavy atom. The van der Waals surface area contributed by atoms with E-state index in [1.54, 1.807) is 7.11 Å². The van der Waals surface area contributed by atoms with Gasteiger partial charge in [-0.15, -0.1) is 0 Å². The fraction of sp³-hybridized carbons (Fsp3) is 0.692. The topological polar surface area (TPSA) is 102 Å². The third-order valence-electron chi connectivity index (χ3n) is 3.82. The van der Waals surface area contributed by atoms with Crippen LogP contribution in [0.4, 0.5) is 11.5 Å². The van der Waals surface area contributed by atoms with Crippen LogP contribution in [0.1, 0.15) is 19.3 Å². The average Bonchev–Trinajstić information content (AvgIpc) is 2.91. The quantitative estimate of drug-likeness (QED) is 0.705. The summed E-state index contributed by atoms with van der Waals surface area (Å²) in [5.41, 5.74) is 5.31. The van der Waals surface area contributed by atoms with Gasteiger partial charge in [-0.3, -0.25) is 14.3 Å². The minimum atomic E-state index is -0.506. The van der Waals surface area contributed by atoms with Crippen molar-refractivity contribution >= 4 is 23.3 Å². The molecule has 21 heavy (non-hydrogen) atoms. The molecule has 8 heteroatoms. The maximum absolute atomic E-state index is 12.0. The molecule has 1 fully saturated rings. The molecule has 1 aliphatic rings. The van der Waals surface area contributed by atoms with Gasteiger partial charge in [-0.25, -0.2) is 4.79 Å². The SMILES string of the molecule is COCCn1c(N)c(NC2CCC(SC)C2)c(=O)[nH]c1=O. The second-order valence-corrected chi connectivity index (χ2v) is 6.31. The van der Waals surface area contributed by atoms with E-state index >= 15 is 0 Å². The summed E-state index contributed by atoms with van der Waals surface area (Å²) in [5, 5.41) is 3.82. The zero-order valence-corrected chi connectivity index (χ0v) is 13.2. The number of ether oxygens (including phenoxy) is 1. The second-order valence-electron chi connectivity index (χ2n) is 5.18. The van der Waals surface area contributed by atoms with Gasteiger partial charge in [0.25, 0.3) is 5.56 Å². The van der Waals surface area contributed by atoms with Crippen LogP contribution in [-0.2, 0) is 11.3 Å². The Bertz CT molecular complexity index is 598. The first-order chi connectivity index (χ1) is 10.1. The number of rotatable bonds is 6. The van der Waals surface area contributed by atoms with Crippen LogP contribution in [0.3, 0.4) is 0 Å². The van der Waals surface area contributed by atoms with E-state index in [9.17, 15) is 9.59 Å². The molecule has 1 saturated carbocycles. The number of H-pyrrole nitrogens is 1. The molecule has 2 unspecified atom stereocenters. The number of nitrogen functional groups attached to an aromatic ring is 1. The highest BCUT2D eigenvalue weighted by molar-refractivity contribution is 7.99. The molecule has 1 aromatic rings. The van der Waals surface area contributed by atoms with E-state index in [1.165, 1.54) is 4.57 Å². The van der Waals surface area contributed by atoms with E-state index < -0.39 is 11.2 Å². The number of hydrogen-bond acceptors (Lipinski definition) is 6. The molecule has 0 spiro atoms. The van der Waals surface area contributed by atoms with Crippen molar-refractivity contribution in [2.75, 3.05) is 31.0 Å². The van der Waals surface area contributed by atoms with Crippen LogP contribution in [0.25, 0.3) is 0 Å². The minimum absolute atomic E-state index is 0.174. The van der Waals surface area contributed by atoms with Crippen molar-refractivity contribution in [3.05, 3.63) is 20.8 Å². The van der Waals surface area contributed by atoms with Gasteiger partial charge in [0.2, 0.25) is 0 Å². The molecule has 7 nitrogen and oxygen atoms in total. The van der Waals surface area contributed by atoms with Crippen LogP contribution in [0.2, 0.25) is 0 Å². The number of aromatic nitrogens is 2. The number of nitrogens with zero attached hydrogens (tertiary/aromatic N) is 1. The summed E-state index contributed by atoms with van der Waals surface area (Å²) >= 11 is 1.84. The Labute approximate surface area is 127 Å². The molecule has 0 radical (unpaired) electrons. The molecule has 1 heterocycles. The van der Waals surface area contributed by atoms with E-state index in [0.29, 0.717) is 18.4 Å². The van der Waals surface area contributed by atoms with E-state index in [2.05, 4.69) is 16.6 Å². The van der Waals surface area contributed by atoms with Crippen molar-refractivity contribution in [2.24, 2.45) is 0 Å². The molecule has 4 N–H and O–H groups in total. The molecule has 0 aliphatic heterocycles. The van der Waals surface area contributed by atoms with Gasteiger partial charge in [0.15, 0.2) is 0 Å². The lowest BCUT2D eigenvalue weighted by Gasteiger charge is -2.17. The van der Waals surface area contributed by atoms with Gasteiger partial charge in [0.05, 0.1) is 13.2 Å². The summed E-state index contributed by atoms with van der Waals surface area (Å²) in [5.74, 6) is 0.174. The number of nitrogens with one attached hydrogen (secondary N) is 2. The van der Waals surface area contributed by atoms with Gasteiger partial charge in [-0.2, -0.15) is 11.8 Å². The largest absolute Gasteiger partial charge is 0.383 e. The molecule has 2 atom stereocenters. The lowest BCUT2D eigenvalue weighted by molar-refractivity contribution is 0.186. The van der Waals surface area contributed by atoms with E-state index in [4.69, 9.17) is 10.5 Å². The smallest absolute Gasteiger partial charge is 0.330 e. The molecule has 118 valence electrons. The van der Waals surface area contributed by atoms with Crippen LogP contribution >= 0.6 is 11.8 Å². The summed E-state index contributed by atoms with van der Waals surface area (Å²) in [6.45, 7) is 0.665. The second kappa shape index (κ2) is 7.04. The maximum Gasteiger partial charge on any atom is 0.330 e. The number of hydrogen-bond donors (Lipinski definition) is 3. The number of aromatic amines is 1. The minimum Gasteiger partial charge on any atom is -0.383 e. The van der Waals surface area contributed by atoms with E-state index in [0.717, 1.165) is 19.3 Å². The molecule has 1 aliphatic carbocycles. The molecule has 0 aromatic carbocycles. The molecular weight excluding hydrogens is 292 g/mol. The van der Waals surface area contributed by atoms with E-state index in [1.807, 2.05) is 11.8 Å². The first-order valence-corrected chi connectivity index (χ1v) is 8.26. The van der Waals surface area contributed by atoms with Crippen molar-refractivity contribution in [2.45, 2.75) is 37.1 Å². The summed E-state index contributed by atoms with van der Waals surface area (Å²) in [6, 6.07) is 0.222. The fourth-order valence-electron chi connectivity index (χ4n) is 2.62. The van der Waals surface area contributed by atoms with Crippen molar-refractivity contribution in [3.63, 3.8) is 0 Å². The molecule has 1 aromatic heterocycles. The van der Waals surface area contributed by atoms with E-state index in [-0.39, 0.29) is 17.5 Å². The van der Waals surface area contributed by atoms with Gasteiger partial charge in [0.1, 0.15) is 11.5 Å². The number of nitrogens with two attached hydrogens (primary N) is 1. The van der Waals surface area contributed by atoms with Crippen molar-refractivity contribution in [1.82, 2.24) is 9.55 Å². The maximum atomic E-state index is 12.0. The van der Waals surface area contributed by atoms with Crippen molar-refractivity contribution in [1.29, 1.82) is 0 Å². The van der Waals surface area contributed by atoms with Crippen molar-refractivity contribution in [3.8, 4) is 0 Å². The van der Waals surface area contributed by atoms with Gasteiger partial charge < -0.3 is 15.8 Å². The Morgan fingerprint density at radius 2 is 2.24 bits per heavy atom. The predicted octanol–water partition coefficient (Wildman–Crippen LogP) is 0.461. The average molecular weight is 314 g/mol. The Hall–Kier alpha value is -1.41. The number of thioether (sulfide) groups is 1. The summed E-state index contributed by atoms with van der Waals surface area (Å²) < 4.78 is 6.29. The standard InChI is InChI=1S/C13H22N4O3S/c1-20-6-5-17-11(14)10(12(18)16-13(17)19)15-8-3-4-9(7-8)21-2/h8-9,15H,3-7,14H2,1-2H3,(H,16,18,19). The van der Waals surface area contributed by atoms with Crippen LogP contribution in [0, 0.1) is 0 Å². The summed E-state index contributed by atoms with van der Waals surface area (Å²) in [6.07, 6.45) is 5.22. The fourth-order valence-corrected chi connectivity index (χ4v) is 3.42. The summed E-state index contributed by atoms with van der Waals surface area (Å²) in [7, 11) is 1.55. The monoisotopic (exact) mass is 314 g/mol. The highest BCUT2D eigenvalue weighted by atomic mass is 32.2. The lowest BCUT2D eigenvalue weighted by atomic mass is 10.2. The van der Waals surface area contributed by atoms with Crippen LogP contribution in [0.15, 0.2) is 9.59 Å². The van der Waals surface area contributed by atoms with Crippen molar-refractivity contribution < 1.29 is 4.74 Å². The normalized spacial score (nSPS) is 21.6. The first kappa shape index (κ1) is 16.0. The molecule has 0 bridgehead atoms. The van der Waals surface area contributed by atoms with Gasteiger partial charge >= 0.3 is 5.69 Å². The van der Waals surface area contributed by atoms with Crippen LogP contribution in [-0.4, -0.2) is 40.8 Å². The number of anilines is 2. The molecular formula is C13H22N4O3S. The highest BCUT2D eigenvalue weighted by Gasteiger charge is 2.25. The third-order valence-corrected chi connectivity index (χ3v) is 4.92. The highest BCUT2D eigenvalue weighted by Crippen LogP contribution is 2.30. The lowest BCUT2D eigenvalue weighted by Crippen LogP contribution is -2.36. The molecule has 2 rings (SSSR count). The summed E-state index contributed by atoms with van der Waals surface area (Å²) in [4.78, 5) is 26.1. The van der Waals surface area contributed by atoms with Crippen LogP contribution in [0.5, 0.6) is 0 Å². The Kier molecular flexibility index (Phi) is 5.35. The third kappa shape index (κ3) is 3.62. The predicted molar refractivity (Wildman–Crippen MR) is 86.2 cm³/mol. The number of methoxy groups -OCH3 is 1. The molecule has 0 saturated heterocycles. The van der Waals surface area contributed by atoms with Gasteiger partial charge in [-0.05, 0) is 25.5 Å². The van der Waals surface area contributed by atoms with Gasteiger partial charge in [-0.1, -0.05) is 0 Å². The molecule has 0 amide bonds. The van der Waals surface area contributed by atoms with Crippen LogP contribution < -0.4 is 22.3 Å². The Balaban J connectivity index is 2.23. The van der Waals surface area contributed by atoms with Gasteiger partial charge in [0, 0.05) is 18.4 Å².